The maximum Gasteiger partial charge on any atom is 0.219 e. The fraction of sp³-hybridized carbons (Fsp3) is 0.478. The summed E-state index contributed by atoms with van der Waals surface area (Å²) in [5.41, 5.74) is 2.05. The summed E-state index contributed by atoms with van der Waals surface area (Å²) >= 11 is 0. The van der Waals surface area contributed by atoms with E-state index in [9.17, 15) is 9.18 Å². The Bertz CT molecular complexity index is 897. The third-order valence-electron chi connectivity index (χ3n) is 7.42. The Morgan fingerprint density at radius 3 is 2.85 bits per heavy atom. The summed E-state index contributed by atoms with van der Waals surface area (Å²) in [6.07, 6.45) is 7.42. The van der Waals surface area contributed by atoms with Crippen LogP contribution in [0, 0.1) is 23.1 Å². The number of fused-ring (bicyclic) bond motifs is 5. The van der Waals surface area contributed by atoms with Crippen molar-refractivity contribution in [2.24, 2.45) is 17.3 Å². The number of aromatic nitrogens is 1. The number of Topliss-reactive ketones (excluding diaryl/α,β-unsaturated/α-hetero) is 1. The predicted octanol–water partition coefficient (Wildman–Crippen LogP) is 5.44. The number of benzene rings is 1. The van der Waals surface area contributed by atoms with Crippen LogP contribution in [0.5, 0.6) is 11.6 Å². The van der Waals surface area contributed by atoms with Crippen LogP contribution >= 0.6 is 0 Å². The highest BCUT2D eigenvalue weighted by molar-refractivity contribution is 5.87. The third kappa shape index (κ3) is 2.53. The number of ether oxygens (including phenoxy) is 1. The van der Waals surface area contributed by atoms with E-state index in [4.69, 9.17) is 4.74 Å². The van der Waals surface area contributed by atoms with Gasteiger partial charge in [-0.15, -0.1) is 0 Å². The number of nitrogens with zero attached hydrogens (tertiary/aromatic N) is 1. The molecule has 0 saturated heterocycles. The predicted molar refractivity (Wildman–Crippen MR) is 100 cm³/mol. The van der Waals surface area contributed by atoms with E-state index in [1.54, 1.807) is 24.4 Å². The molecule has 2 saturated carbocycles. The Balaban J connectivity index is 1.49. The zero-order valence-electron chi connectivity index (χ0n) is 15.6. The topological polar surface area (TPSA) is 39.2 Å². The first kappa shape index (κ1) is 16.9. The van der Waals surface area contributed by atoms with Gasteiger partial charge in [-0.2, -0.15) is 0 Å². The van der Waals surface area contributed by atoms with Crippen molar-refractivity contribution < 1.29 is 13.9 Å². The molecule has 4 unspecified atom stereocenters. The van der Waals surface area contributed by atoms with Crippen LogP contribution in [-0.4, -0.2) is 10.8 Å². The van der Waals surface area contributed by atoms with Gasteiger partial charge in [0.15, 0.2) is 11.6 Å². The van der Waals surface area contributed by atoms with Crippen LogP contribution in [0.4, 0.5) is 4.39 Å². The van der Waals surface area contributed by atoms with Gasteiger partial charge < -0.3 is 4.74 Å². The van der Waals surface area contributed by atoms with E-state index < -0.39 is 0 Å². The SMILES string of the molecule is CC12C(=O)CCC1CCC1c3cc(F)c(Oc4ccccn4)cc3CCC12. The number of carbonyl (C=O) groups is 1. The van der Waals surface area contributed by atoms with E-state index >= 15 is 0 Å². The average Bonchev–Trinajstić information content (AvgIpc) is 2.98. The Hall–Kier alpha value is -2.23. The fourth-order valence-corrected chi connectivity index (χ4v) is 6.01. The van der Waals surface area contributed by atoms with Gasteiger partial charge >= 0.3 is 0 Å². The van der Waals surface area contributed by atoms with Crippen molar-refractivity contribution in [2.45, 2.75) is 51.4 Å². The lowest BCUT2D eigenvalue weighted by atomic mass is 9.53. The van der Waals surface area contributed by atoms with E-state index in [1.165, 1.54) is 0 Å². The highest BCUT2D eigenvalue weighted by atomic mass is 19.1. The molecule has 0 spiro atoms. The summed E-state index contributed by atoms with van der Waals surface area (Å²) in [7, 11) is 0. The fourth-order valence-electron chi connectivity index (χ4n) is 6.01. The summed E-state index contributed by atoms with van der Waals surface area (Å²) in [5, 5.41) is 0. The number of aryl methyl sites for hydroxylation is 1. The van der Waals surface area contributed by atoms with Gasteiger partial charge in [0.05, 0.1) is 0 Å². The molecule has 5 rings (SSSR count). The first-order chi connectivity index (χ1) is 13.1. The molecule has 4 heteroatoms. The molecule has 0 bridgehead atoms. The van der Waals surface area contributed by atoms with Crippen molar-refractivity contribution in [1.82, 2.24) is 4.98 Å². The number of carbonyl (C=O) groups excluding carboxylic acids is 1. The van der Waals surface area contributed by atoms with Crippen LogP contribution in [0.2, 0.25) is 0 Å². The molecule has 2 fully saturated rings. The molecule has 1 aromatic heterocycles. The van der Waals surface area contributed by atoms with Gasteiger partial charge in [0, 0.05) is 24.1 Å². The number of rotatable bonds is 2. The Kier molecular flexibility index (Phi) is 3.85. The van der Waals surface area contributed by atoms with Crippen molar-refractivity contribution >= 4 is 5.78 Å². The lowest BCUT2D eigenvalue weighted by Gasteiger charge is -2.49. The minimum atomic E-state index is -0.343. The van der Waals surface area contributed by atoms with Gasteiger partial charge in [-0.3, -0.25) is 4.79 Å². The highest BCUT2D eigenvalue weighted by Gasteiger charge is 2.56. The van der Waals surface area contributed by atoms with Gasteiger partial charge in [0.2, 0.25) is 5.88 Å². The van der Waals surface area contributed by atoms with Crippen molar-refractivity contribution in [3.63, 3.8) is 0 Å². The monoisotopic (exact) mass is 365 g/mol. The average molecular weight is 365 g/mol. The molecule has 4 atom stereocenters. The van der Waals surface area contributed by atoms with Crippen LogP contribution in [0.3, 0.4) is 0 Å². The first-order valence-corrected chi connectivity index (χ1v) is 10.0. The molecule has 1 heterocycles. The number of halogens is 1. The zero-order chi connectivity index (χ0) is 18.6. The van der Waals surface area contributed by atoms with Crippen LogP contribution in [0.1, 0.15) is 56.1 Å². The molecular weight excluding hydrogens is 341 g/mol. The van der Waals surface area contributed by atoms with E-state index in [0.29, 0.717) is 23.5 Å². The Labute approximate surface area is 159 Å². The second-order valence-electron chi connectivity index (χ2n) is 8.52. The normalized spacial score (nSPS) is 31.8. The molecule has 0 amide bonds. The Morgan fingerprint density at radius 1 is 1.15 bits per heavy atom. The molecule has 0 N–H and O–H groups in total. The van der Waals surface area contributed by atoms with Crippen molar-refractivity contribution in [1.29, 1.82) is 0 Å². The van der Waals surface area contributed by atoms with Crippen LogP contribution in [-0.2, 0) is 11.2 Å². The van der Waals surface area contributed by atoms with E-state index in [2.05, 4.69) is 11.9 Å². The van der Waals surface area contributed by atoms with Crippen LogP contribution < -0.4 is 4.74 Å². The molecule has 1 aromatic carbocycles. The molecule has 2 aromatic rings. The highest BCUT2D eigenvalue weighted by Crippen LogP contribution is 2.60. The van der Waals surface area contributed by atoms with Crippen LogP contribution in [0.25, 0.3) is 0 Å². The van der Waals surface area contributed by atoms with Crippen molar-refractivity contribution in [3.8, 4) is 11.6 Å². The number of hydrogen-bond donors (Lipinski definition) is 0. The van der Waals surface area contributed by atoms with Crippen molar-refractivity contribution in [3.05, 3.63) is 53.5 Å². The van der Waals surface area contributed by atoms with E-state index in [1.807, 2.05) is 12.1 Å². The number of hydrogen-bond acceptors (Lipinski definition) is 3. The molecule has 27 heavy (non-hydrogen) atoms. The summed E-state index contributed by atoms with van der Waals surface area (Å²) in [5.74, 6) is 1.88. The first-order valence-electron chi connectivity index (χ1n) is 10.0. The van der Waals surface area contributed by atoms with Crippen molar-refractivity contribution in [2.75, 3.05) is 0 Å². The van der Waals surface area contributed by atoms with Gasteiger partial charge in [0.25, 0.3) is 0 Å². The third-order valence-corrected chi connectivity index (χ3v) is 7.42. The number of ketones is 1. The minimum Gasteiger partial charge on any atom is -0.436 e. The van der Waals surface area contributed by atoms with Crippen LogP contribution in [0.15, 0.2) is 36.5 Å². The molecule has 140 valence electrons. The summed E-state index contributed by atoms with van der Waals surface area (Å²) in [6, 6.07) is 8.86. The van der Waals surface area contributed by atoms with E-state index in [-0.39, 0.29) is 22.9 Å². The second kappa shape index (κ2) is 6.15. The summed E-state index contributed by atoms with van der Waals surface area (Å²) < 4.78 is 20.5. The molecule has 3 nitrogen and oxygen atoms in total. The van der Waals surface area contributed by atoms with Gasteiger partial charge in [-0.1, -0.05) is 13.0 Å². The Morgan fingerprint density at radius 2 is 2.04 bits per heavy atom. The quantitative estimate of drug-likeness (QED) is 0.711. The summed E-state index contributed by atoms with van der Waals surface area (Å²) in [6.45, 7) is 2.18. The number of pyridine rings is 1. The lowest BCUT2D eigenvalue weighted by molar-refractivity contribution is -0.132. The second-order valence-corrected chi connectivity index (χ2v) is 8.52. The maximum atomic E-state index is 14.8. The molecular formula is C23H24FNO2. The summed E-state index contributed by atoms with van der Waals surface area (Å²) in [4.78, 5) is 16.8. The minimum absolute atomic E-state index is 0.208. The smallest absolute Gasteiger partial charge is 0.219 e. The largest absolute Gasteiger partial charge is 0.436 e. The molecule has 3 aliphatic rings. The lowest BCUT2D eigenvalue weighted by Crippen LogP contribution is -2.45. The van der Waals surface area contributed by atoms with Gasteiger partial charge in [0.1, 0.15) is 5.78 Å². The van der Waals surface area contributed by atoms with E-state index in [0.717, 1.165) is 49.7 Å². The molecule has 0 aliphatic heterocycles. The van der Waals surface area contributed by atoms with Gasteiger partial charge in [-0.25, -0.2) is 9.37 Å². The van der Waals surface area contributed by atoms with Gasteiger partial charge in [-0.05, 0) is 79.2 Å². The maximum absolute atomic E-state index is 14.8. The molecule has 3 aliphatic carbocycles. The zero-order valence-corrected chi connectivity index (χ0v) is 15.6. The standard InChI is InChI=1S/C23H24FNO2/c1-23-15(7-10-21(23)26)6-8-16-17-13-19(24)20(12-14(17)5-9-18(16)23)27-22-4-2-3-11-25-22/h2-4,11-13,15-16,18H,5-10H2,1H3. The molecule has 0 radical (unpaired) electrons.